The molecule has 1 N–H and O–H groups in total. The van der Waals surface area contributed by atoms with Gasteiger partial charge in [-0.2, -0.15) is 5.10 Å². The van der Waals surface area contributed by atoms with Crippen LogP contribution in [-0.4, -0.2) is 44.8 Å². The van der Waals surface area contributed by atoms with Gasteiger partial charge in [0.1, 0.15) is 22.9 Å². The molecule has 0 fully saturated rings. The molecule has 0 saturated carbocycles. The molecule has 37 heavy (non-hydrogen) atoms. The van der Waals surface area contributed by atoms with Crippen molar-refractivity contribution in [3.05, 3.63) is 94.1 Å². The number of aromatic nitrogens is 2. The van der Waals surface area contributed by atoms with E-state index in [2.05, 4.69) is 5.10 Å². The molecule has 0 unspecified atom stereocenters. The second kappa shape index (κ2) is 10.2. The molecule has 2 heterocycles. The Bertz CT molecular complexity index is 1510. The molecule has 0 bridgehead atoms. The van der Waals surface area contributed by atoms with Crippen molar-refractivity contribution >= 4 is 34.4 Å². The summed E-state index contributed by atoms with van der Waals surface area (Å²) in [7, 11) is 0. The summed E-state index contributed by atoms with van der Waals surface area (Å²) in [6.07, 6.45) is 2.01. The topological polar surface area (TPSA) is 84.7 Å². The van der Waals surface area contributed by atoms with Gasteiger partial charge in [0.2, 0.25) is 5.91 Å². The number of hydrogen-bond donors (Lipinski definition) is 1. The SMILES string of the molecule is O=C(O)COc1ccc(Cl)cc1[C@@H]1c2ccc(F)cc2CCN1C(=O)CCn1ncc2cccc(F)c21. The zero-order chi connectivity index (χ0) is 26.1. The molecule has 7 nitrogen and oxygen atoms in total. The normalized spacial score (nSPS) is 15.0. The standard InChI is InChI=1S/C27H22ClF2N3O4/c28-18-4-7-23(37-15-25(35)36)21(13-18)27-20-6-5-19(29)12-16(20)8-10-32(27)24(34)9-11-33-26-17(14-31-33)2-1-3-22(26)30/h1-7,12-14,27H,8-11,15H2,(H,35,36)/t27-/m0/s1. The number of hydrogen-bond acceptors (Lipinski definition) is 4. The molecule has 1 aliphatic rings. The van der Waals surface area contributed by atoms with Crippen LogP contribution in [0.1, 0.15) is 29.2 Å². The van der Waals surface area contributed by atoms with Crippen LogP contribution in [0.25, 0.3) is 10.9 Å². The van der Waals surface area contributed by atoms with Gasteiger partial charge in [0.05, 0.1) is 18.8 Å². The van der Waals surface area contributed by atoms with Crippen LogP contribution in [0.5, 0.6) is 5.75 Å². The highest BCUT2D eigenvalue weighted by Crippen LogP contribution is 2.41. The van der Waals surface area contributed by atoms with Crippen molar-refractivity contribution in [3.8, 4) is 5.75 Å². The van der Waals surface area contributed by atoms with Gasteiger partial charge in [-0.15, -0.1) is 0 Å². The summed E-state index contributed by atoms with van der Waals surface area (Å²) < 4.78 is 35.4. The van der Waals surface area contributed by atoms with Gasteiger partial charge in [-0.1, -0.05) is 29.8 Å². The van der Waals surface area contributed by atoms with Crippen molar-refractivity contribution in [3.63, 3.8) is 0 Å². The molecular formula is C27H22ClF2N3O4. The number of carboxylic acids is 1. The number of para-hydroxylation sites is 1. The maximum Gasteiger partial charge on any atom is 0.341 e. The minimum Gasteiger partial charge on any atom is -0.482 e. The van der Waals surface area contributed by atoms with Gasteiger partial charge in [-0.25, -0.2) is 13.6 Å². The first-order valence-electron chi connectivity index (χ1n) is 11.6. The molecule has 1 amide bonds. The number of amides is 1. The number of carbonyl (C=O) groups is 2. The first kappa shape index (κ1) is 24.7. The van der Waals surface area contributed by atoms with E-state index in [1.807, 2.05) is 0 Å². The Morgan fingerprint density at radius 1 is 1.11 bits per heavy atom. The van der Waals surface area contributed by atoms with Crippen LogP contribution in [0, 0.1) is 11.6 Å². The average molecular weight is 526 g/mol. The third-order valence-electron chi connectivity index (χ3n) is 6.42. The van der Waals surface area contributed by atoms with Crippen molar-refractivity contribution in [1.29, 1.82) is 0 Å². The largest absolute Gasteiger partial charge is 0.482 e. The quantitative estimate of drug-likeness (QED) is 0.367. The molecule has 0 radical (unpaired) electrons. The second-order valence-corrected chi connectivity index (χ2v) is 9.18. The zero-order valence-corrected chi connectivity index (χ0v) is 20.3. The minimum atomic E-state index is -1.15. The molecule has 0 aliphatic carbocycles. The highest BCUT2D eigenvalue weighted by atomic mass is 35.5. The maximum absolute atomic E-state index is 14.4. The van der Waals surface area contributed by atoms with Crippen LogP contribution < -0.4 is 4.74 Å². The van der Waals surface area contributed by atoms with E-state index in [-0.39, 0.29) is 24.6 Å². The Morgan fingerprint density at radius 3 is 2.76 bits per heavy atom. The molecule has 4 aromatic rings. The number of benzene rings is 3. The van der Waals surface area contributed by atoms with Crippen LogP contribution in [0.3, 0.4) is 0 Å². The highest BCUT2D eigenvalue weighted by Gasteiger charge is 2.34. The first-order valence-corrected chi connectivity index (χ1v) is 12.0. The van der Waals surface area contributed by atoms with Gasteiger partial charge in [0.15, 0.2) is 6.61 Å². The predicted octanol–water partition coefficient (Wildman–Crippen LogP) is 5.00. The number of aryl methyl sites for hydroxylation is 1. The van der Waals surface area contributed by atoms with Crippen molar-refractivity contribution in [2.24, 2.45) is 0 Å². The fraction of sp³-hybridized carbons (Fsp3) is 0.222. The van der Waals surface area contributed by atoms with E-state index < -0.39 is 30.3 Å². The van der Waals surface area contributed by atoms with Gasteiger partial charge in [0.25, 0.3) is 0 Å². The van der Waals surface area contributed by atoms with E-state index >= 15 is 0 Å². The third-order valence-corrected chi connectivity index (χ3v) is 6.66. The van der Waals surface area contributed by atoms with E-state index in [1.165, 1.54) is 22.9 Å². The molecule has 0 spiro atoms. The number of fused-ring (bicyclic) bond motifs is 2. The second-order valence-electron chi connectivity index (χ2n) is 8.74. The summed E-state index contributed by atoms with van der Waals surface area (Å²) >= 11 is 6.29. The van der Waals surface area contributed by atoms with E-state index in [9.17, 15) is 18.4 Å². The van der Waals surface area contributed by atoms with E-state index in [1.54, 1.807) is 47.5 Å². The molecule has 3 aromatic carbocycles. The Balaban J connectivity index is 1.50. The number of aliphatic carboxylic acids is 1. The third kappa shape index (κ3) is 4.99. The Hall–Kier alpha value is -3.98. The highest BCUT2D eigenvalue weighted by molar-refractivity contribution is 6.30. The number of carbonyl (C=O) groups excluding carboxylic acids is 1. The first-order chi connectivity index (χ1) is 17.8. The lowest BCUT2D eigenvalue weighted by atomic mass is 9.87. The maximum atomic E-state index is 14.4. The molecule has 1 aromatic heterocycles. The fourth-order valence-corrected chi connectivity index (χ4v) is 5.00. The van der Waals surface area contributed by atoms with Crippen molar-refractivity contribution < 1.29 is 28.2 Å². The summed E-state index contributed by atoms with van der Waals surface area (Å²) in [4.78, 5) is 26.4. The molecule has 1 aliphatic heterocycles. The molecular weight excluding hydrogens is 504 g/mol. The minimum absolute atomic E-state index is 0.0318. The van der Waals surface area contributed by atoms with Gasteiger partial charge < -0.3 is 14.7 Å². The molecule has 10 heteroatoms. The smallest absolute Gasteiger partial charge is 0.341 e. The molecule has 1 atom stereocenters. The van der Waals surface area contributed by atoms with Crippen molar-refractivity contribution in [2.75, 3.05) is 13.2 Å². The average Bonchev–Trinajstić information content (AvgIpc) is 3.30. The summed E-state index contributed by atoms with van der Waals surface area (Å²) in [5.41, 5.74) is 2.24. The zero-order valence-electron chi connectivity index (χ0n) is 19.5. The van der Waals surface area contributed by atoms with Gasteiger partial charge in [-0.3, -0.25) is 9.48 Å². The van der Waals surface area contributed by atoms with E-state index in [0.29, 0.717) is 40.0 Å². The van der Waals surface area contributed by atoms with E-state index in [4.69, 9.17) is 21.4 Å². The lowest BCUT2D eigenvalue weighted by molar-refractivity contribution is -0.139. The number of halogens is 3. The van der Waals surface area contributed by atoms with Gasteiger partial charge in [-0.05, 0) is 53.9 Å². The summed E-state index contributed by atoms with van der Waals surface area (Å²) in [6.45, 7) is -0.136. The lowest BCUT2D eigenvalue weighted by Crippen LogP contribution is -2.41. The Kier molecular flexibility index (Phi) is 6.80. The Morgan fingerprint density at radius 2 is 1.95 bits per heavy atom. The van der Waals surface area contributed by atoms with Gasteiger partial charge >= 0.3 is 5.97 Å². The number of carboxylic acid groups (broad SMARTS) is 1. The van der Waals surface area contributed by atoms with Crippen LogP contribution >= 0.6 is 11.6 Å². The van der Waals surface area contributed by atoms with Crippen molar-refractivity contribution in [1.82, 2.24) is 14.7 Å². The number of nitrogens with zero attached hydrogens (tertiary/aromatic N) is 3. The Labute approximate surface area is 215 Å². The van der Waals surface area contributed by atoms with Crippen LogP contribution in [0.2, 0.25) is 5.02 Å². The lowest BCUT2D eigenvalue weighted by Gasteiger charge is -2.38. The summed E-state index contributed by atoms with van der Waals surface area (Å²) in [5, 5.41) is 14.4. The summed E-state index contributed by atoms with van der Waals surface area (Å²) in [6, 6.07) is 13.1. The fourth-order valence-electron chi connectivity index (χ4n) is 4.82. The van der Waals surface area contributed by atoms with Crippen LogP contribution in [0.15, 0.2) is 60.8 Å². The molecule has 0 saturated heterocycles. The monoisotopic (exact) mass is 525 g/mol. The number of ether oxygens (including phenoxy) is 1. The van der Waals surface area contributed by atoms with Gasteiger partial charge in [0, 0.05) is 28.9 Å². The van der Waals surface area contributed by atoms with E-state index in [0.717, 1.165) is 5.56 Å². The van der Waals surface area contributed by atoms with Crippen molar-refractivity contribution in [2.45, 2.75) is 25.4 Å². The van der Waals surface area contributed by atoms with Crippen LogP contribution in [0.4, 0.5) is 8.78 Å². The summed E-state index contributed by atoms with van der Waals surface area (Å²) in [5.74, 6) is -1.94. The van der Waals surface area contributed by atoms with Crippen LogP contribution in [-0.2, 0) is 22.6 Å². The molecule has 5 rings (SSSR count). The predicted molar refractivity (Wildman–Crippen MR) is 133 cm³/mol. The number of rotatable bonds is 7. The molecule has 190 valence electrons.